The summed E-state index contributed by atoms with van der Waals surface area (Å²) in [5, 5.41) is 13.7. The van der Waals surface area contributed by atoms with E-state index in [1.807, 2.05) is 37.4 Å². The summed E-state index contributed by atoms with van der Waals surface area (Å²) in [5.41, 5.74) is 2.04. The molecule has 144 valence electrons. The number of nitrogens with zero attached hydrogens (tertiary/aromatic N) is 5. The number of carbonyl (C=O) groups excluding carboxylic acids is 1. The van der Waals surface area contributed by atoms with Crippen LogP contribution in [-0.2, 0) is 0 Å². The van der Waals surface area contributed by atoms with Gasteiger partial charge in [-0.05, 0) is 44.2 Å². The number of hydrogen-bond donors (Lipinski definition) is 1. The van der Waals surface area contributed by atoms with E-state index in [2.05, 4.69) is 25.5 Å². The number of hydrogen-bond acceptors (Lipinski definition) is 5. The van der Waals surface area contributed by atoms with E-state index in [1.165, 1.54) is 19.4 Å². The Kier molecular flexibility index (Phi) is 4.31. The van der Waals surface area contributed by atoms with Gasteiger partial charge in [0, 0.05) is 48.8 Å². The summed E-state index contributed by atoms with van der Waals surface area (Å²) in [4.78, 5) is 19.5. The quantitative estimate of drug-likeness (QED) is 0.740. The molecule has 0 radical (unpaired) electrons. The van der Waals surface area contributed by atoms with Gasteiger partial charge in [-0.3, -0.25) is 9.78 Å². The van der Waals surface area contributed by atoms with Crippen molar-refractivity contribution < 1.29 is 4.79 Å². The summed E-state index contributed by atoms with van der Waals surface area (Å²) in [6, 6.07) is 8.11. The Bertz CT molecular complexity index is 1020. The van der Waals surface area contributed by atoms with Crippen LogP contribution >= 0.6 is 0 Å². The summed E-state index contributed by atoms with van der Waals surface area (Å²) in [5.74, 6) is 0.747. The van der Waals surface area contributed by atoms with Gasteiger partial charge in [0.05, 0.1) is 11.4 Å². The van der Waals surface area contributed by atoms with Crippen LogP contribution in [0.1, 0.15) is 35.4 Å². The summed E-state index contributed by atoms with van der Waals surface area (Å²) < 4.78 is 1.74. The van der Waals surface area contributed by atoms with Crippen molar-refractivity contribution in [3.05, 3.63) is 48.0 Å². The van der Waals surface area contributed by atoms with Crippen LogP contribution < -0.4 is 5.32 Å². The molecule has 1 N–H and O–H groups in total. The monoisotopic (exact) mass is 376 g/mol. The number of aromatic nitrogens is 4. The predicted octanol–water partition coefficient (Wildman–Crippen LogP) is 2.34. The Morgan fingerprint density at radius 1 is 1.25 bits per heavy atom. The van der Waals surface area contributed by atoms with Crippen LogP contribution in [0.25, 0.3) is 16.5 Å². The number of pyridine rings is 1. The fourth-order valence-corrected chi connectivity index (χ4v) is 4.09. The van der Waals surface area contributed by atoms with Gasteiger partial charge in [0.15, 0.2) is 5.69 Å². The second-order valence-electron chi connectivity index (χ2n) is 7.97. The van der Waals surface area contributed by atoms with Crippen LogP contribution in [0.15, 0.2) is 36.7 Å². The maximum absolute atomic E-state index is 12.8. The van der Waals surface area contributed by atoms with Gasteiger partial charge in [-0.1, -0.05) is 17.3 Å². The largest absolute Gasteiger partial charge is 0.347 e. The molecule has 3 heterocycles. The molecule has 1 saturated heterocycles. The first kappa shape index (κ1) is 17.3. The molecule has 2 aliphatic rings. The molecule has 3 aromatic rings. The van der Waals surface area contributed by atoms with Crippen molar-refractivity contribution >= 4 is 16.7 Å². The maximum atomic E-state index is 12.8. The standard InChI is InChI=1S/C21H24N6O/c1-14-20(21(28)23-17-8-10-26(13-17)12-15-5-6-15)24-25-27(14)19-4-2-3-16-11-22-9-7-18(16)19/h2-4,7,9,11,15,17H,5-6,8,10,12-13H2,1H3,(H,23,28). The maximum Gasteiger partial charge on any atom is 0.274 e. The molecule has 2 fully saturated rings. The van der Waals surface area contributed by atoms with Crippen molar-refractivity contribution in [2.45, 2.75) is 32.2 Å². The lowest BCUT2D eigenvalue weighted by atomic mass is 10.1. The van der Waals surface area contributed by atoms with Gasteiger partial charge in [-0.2, -0.15) is 0 Å². The third kappa shape index (κ3) is 3.26. The fourth-order valence-electron chi connectivity index (χ4n) is 4.09. The highest BCUT2D eigenvalue weighted by molar-refractivity contribution is 5.94. The average Bonchev–Trinajstić information content (AvgIpc) is 3.28. The van der Waals surface area contributed by atoms with Crippen LogP contribution in [0.2, 0.25) is 0 Å². The van der Waals surface area contributed by atoms with E-state index in [-0.39, 0.29) is 11.9 Å². The molecular weight excluding hydrogens is 352 g/mol. The first-order valence-electron chi connectivity index (χ1n) is 9.97. The molecule has 5 rings (SSSR count). The van der Waals surface area contributed by atoms with E-state index in [4.69, 9.17) is 0 Å². The number of benzene rings is 1. The molecule has 1 saturated carbocycles. The minimum atomic E-state index is -0.135. The third-order valence-electron chi connectivity index (χ3n) is 5.82. The Labute approximate surface area is 163 Å². The Morgan fingerprint density at radius 2 is 2.14 bits per heavy atom. The van der Waals surface area contributed by atoms with E-state index in [9.17, 15) is 4.79 Å². The number of nitrogens with one attached hydrogen (secondary N) is 1. The predicted molar refractivity (Wildman–Crippen MR) is 106 cm³/mol. The normalized spacial score (nSPS) is 20.0. The second kappa shape index (κ2) is 6.98. The molecule has 7 heteroatoms. The van der Waals surface area contributed by atoms with Gasteiger partial charge < -0.3 is 10.2 Å². The Hall–Kier alpha value is -2.80. The lowest BCUT2D eigenvalue weighted by Crippen LogP contribution is -2.37. The number of amides is 1. The highest BCUT2D eigenvalue weighted by Crippen LogP contribution is 2.30. The van der Waals surface area contributed by atoms with Crippen molar-refractivity contribution in [1.29, 1.82) is 0 Å². The molecule has 7 nitrogen and oxygen atoms in total. The number of fused-ring (bicyclic) bond motifs is 1. The minimum Gasteiger partial charge on any atom is -0.347 e. The SMILES string of the molecule is Cc1c(C(=O)NC2CCN(CC3CC3)C2)nnn1-c1cccc2cnccc12. The van der Waals surface area contributed by atoms with E-state index in [1.54, 1.807) is 10.9 Å². The van der Waals surface area contributed by atoms with Gasteiger partial charge in [0.2, 0.25) is 0 Å². The van der Waals surface area contributed by atoms with Crippen molar-refractivity contribution in [3.63, 3.8) is 0 Å². The van der Waals surface area contributed by atoms with Crippen LogP contribution in [-0.4, -0.2) is 56.5 Å². The molecule has 2 aromatic heterocycles. The van der Waals surface area contributed by atoms with E-state index in [0.717, 1.165) is 47.6 Å². The fraction of sp³-hybridized carbons (Fsp3) is 0.429. The van der Waals surface area contributed by atoms with E-state index >= 15 is 0 Å². The lowest BCUT2D eigenvalue weighted by Gasteiger charge is -2.16. The minimum absolute atomic E-state index is 0.135. The van der Waals surface area contributed by atoms with Crippen LogP contribution in [0, 0.1) is 12.8 Å². The highest BCUT2D eigenvalue weighted by atomic mass is 16.2. The Morgan fingerprint density at radius 3 is 3.00 bits per heavy atom. The molecule has 1 amide bonds. The van der Waals surface area contributed by atoms with Gasteiger partial charge >= 0.3 is 0 Å². The molecule has 1 aliphatic heterocycles. The smallest absolute Gasteiger partial charge is 0.274 e. The molecule has 0 bridgehead atoms. The first-order chi connectivity index (χ1) is 13.7. The zero-order valence-corrected chi connectivity index (χ0v) is 16.0. The Balaban J connectivity index is 1.34. The molecule has 1 unspecified atom stereocenters. The van der Waals surface area contributed by atoms with Gasteiger partial charge in [-0.25, -0.2) is 4.68 Å². The lowest BCUT2D eigenvalue weighted by molar-refractivity contribution is 0.0932. The van der Waals surface area contributed by atoms with Gasteiger partial charge in [0.1, 0.15) is 0 Å². The summed E-state index contributed by atoms with van der Waals surface area (Å²) in [6.45, 7) is 5.07. The van der Waals surface area contributed by atoms with Crippen molar-refractivity contribution in [2.75, 3.05) is 19.6 Å². The van der Waals surface area contributed by atoms with E-state index in [0.29, 0.717) is 5.69 Å². The van der Waals surface area contributed by atoms with Gasteiger partial charge in [0.25, 0.3) is 5.91 Å². The summed E-state index contributed by atoms with van der Waals surface area (Å²) >= 11 is 0. The number of likely N-dealkylation sites (tertiary alicyclic amines) is 1. The molecule has 1 aliphatic carbocycles. The summed E-state index contributed by atoms with van der Waals surface area (Å²) in [7, 11) is 0. The molecular formula is C21H24N6O. The first-order valence-corrected chi connectivity index (χ1v) is 9.97. The second-order valence-corrected chi connectivity index (χ2v) is 7.97. The summed E-state index contributed by atoms with van der Waals surface area (Å²) in [6.07, 6.45) is 7.31. The average molecular weight is 376 g/mol. The topological polar surface area (TPSA) is 75.9 Å². The van der Waals surface area contributed by atoms with E-state index < -0.39 is 0 Å². The van der Waals surface area contributed by atoms with Crippen molar-refractivity contribution in [2.24, 2.45) is 5.92 Å². The number of carbonyl (C=O) groups is 1. The zero-order valence-electron chi connectivity index (χ0n) is 16.0. The third-order valence-corrected chi connectivity index (χ3v) is 5.82. The molecule has 1 atom stereocenters. The van der Waals surface area contributed by atoms with Gasteiger partial charge in [-0.15, -0.1) is 5.10 Å². The van der Waals surface area contributed by atoms with Crippen LogP contribution in [0.5, 0.6) is 0 Å². The van der Waals surface area contributed by atoms with Crippen LogP contribution in [0.4, 0.5) is 0 Å². The van der Waals surface area contributed by atoms with Crippen LogP contribution in [0.3, 0.4) is 0 Å². The van der Waals surface area contributed by atoms with Crippen molar-refractivity contribution in [1.82, 2.24) is 30.2 Å². The zero-order chi connectivity index (χ0) is 19.1. The van der Waals surface area contributed by atoms with Crippen molar-refractivity contribution in [3.8, 4) is 5.69 Å². The number of rotatable bonds is 5. The highest BCUT2D eigenvalue weighted by Gasteiger charge is 2.30. The molecule has 28 heavy (non-hydrogen) atoms. The molecule has 0 spiro atoms. The molecule has 1 aromatic carbocycles.